The summed E-state index contributed by atoms with van der Waals surface area (Å²) in [5, 5.41) is 2.73. The van der Waals surface area contributed by atoms with Crippen molar-refractivity contribution in [2.75, 3.05) is 13.7 Å². The summed E-state index contributed by atoms with van der Waals surface area (Å²) in [6.07, 6.45) is 1.57. The van der Waals surface area contributed by atoms with E-state index in [0.717, 1.165) is 12.8 Å². The number of hydrogen-bond donors (Lipinski definition) is 2. The number of benzene rings is 1. The van der Waals surface area contributed by atoms with Crippen LogP contribution in [0.15, 0.2) is 23.1 Å². The van der Waals surface area contributed by atoms with E-state index < -0.39 is 28.5 Å². The molecule has 0 unspecified atom stereocenters. The number of esters is 1. The Morgan fingerprint density at radius 3 is 2.44 bits per heavy atom. The second-order valence-corrected chi connectivity index (χ2v) is 8.62. The summed E-state index contributed by atoms with van der Waals surface area (Å²) in [4.78, 5) is 23.9. The summed E-state index contributed by atoms with van der Waals surface area (Å²) < 4.78 is 37.6. The zero-order valence-electron chi connectivity index (χ0n) is 15.9. The van der Waals surface area contributed by atoms with E-state index in [1.165, 1.54) is 25.3 Å². The van der Waals surface area contributed by atoms with Gasteiger partial charge < -0.3 is 14.8 Å². The number of ether oxygens (including phenoxy) is 2. The van der Waals surface area contributed by atoms with E-state index in [1.807, 2.05) is 20.8 Å². The van der Waals surface area contributed by atoms with Crippen LogP contribution in [0.3, 0.4) is 0 Å². The Balaban J connectivity index is 2.08. The number of rotatable bonds is 9. The molecule has 0 aromatic heterocycles. The number of amides is 1. The summed E-state index contributed by atoms with van der Waals surface area (Å²) >= 11 is 0. The van der Waals surface area contributed by atoms with Crippen molar-refractivity contribution >= 4 is 21.9 Å². The van der Waals surface area contributed by atoms with Crippen molar-refractivity contribution in [3.8, 4) is 5.75 Å². The first-order valence-electron chi connectivity index (χ1n) is 8.81. The number of sulfonamides is 1. The van der Waals surface area contributed by atoms with Gasteiger partial charge in [0.05, 0.1) is 12.7 Å². The first-order chi connectivity index (χ1) is 12.6. The minimum absolute atomic E-state index is 0.0247. The predicted molar refractivity (Wildman–Crippen MR) is 99.1 cm³/mol. The molecule has 27 heavy (non-hydrogen) atoms. The van der Waals surface area contributed by atoms with Gasteiger partial charge >= 0.3 is 5.97 Å². The Morgan fingerprint density at radius 2 is 1.89 bits per heavy atom. The minimum atomic E-state index is -3.81. The predicted octanol–water partition coefficient (Wildman–Crippen LogP) is 1.45. The van der Waals surface area contributed by atoms with Crippen LogP contribution in [0, 0.1) is 5.92 Å². The normalized spacial score (nSPS) is 15.3. The topological polar surface area (TPSA) is 111 Å². The molecule has 2 N–H and O–H groups in total. The maximum Gasteiger partial charge on any atom is 0.338 e. The zero-order valence-corrected chi connectivity index (χ0v) is 16.8. The van der Waals surface area contributed by atoms with Crippen LogP contribution < -0.4 is 14.8 Å². The average Bonchev–Trinajstić information content (AvgIpc) is 3.42. The lowest BCUT2D eigenvalue weighted by Crippen LogP contribution is -2.38. The van der Waals surface area contributed by atoms with Gasteiger partial charge in [0.25, 0.3) is 5.91 Å². The van der Waals surface area contributed by atoms with Crippen LogP contribution in [0.25, 0.3) is 0 Å². The Bertz CT molecular complexity index is 802. The second-order valence-electron chi connectivity index (χ2n) is 6.94. The number of nitrogens with one attached hydrogen (secondary N) is 2. The van der Waals surface area contributed by atoms with Gasteiger partial charge in [0, 0.05) is 12.1 Å². The molecule has 2 rings (SSSR count). The van der Waals surface area contributed by atoms with Crippen molar-refractivity contribution in [2.24, 2.45) is 5.92 Å². The van der Waals surface area contributed by atoms with Crippen LogP contribution in [0.1, 0.15) is 44.0 Å². The standard InChI is InChI=1S/C18H26N2O6S/c1-11(2)12(3)19-17(21)10-26-18(22)13-5-8-15(25-4)16(9-13)27(23,24)20-14-6-7-14/h5,8-9,11-12,14,20H,6-7,10H2,1-4H3,(H,19,21)/t12-/m0/s1. The van der Waals surface area contributed by atoms with Gasteiger partial charge in [-0.05, 0) is 43.9 Å². The van der Waals surface area contributed by atoms with Crippen LogP contribution >= 0.6 is 0 Å². The van der Waals surface area contributed by atoms with E-state index in [9.17, 15) is 18.0 Å². The highest BCUT2D eigenvalue weighted by Crippen LogP contribution is 2.28. The first-order valence-corrected chi connectivity index (χ1v) is 10.3. The van der Waals surface area contributed by atoms with Crippen molar-refractivity contribution in [2.45, 2.75) is 50.6 Å². The molecule has 1 aliphatic rings. The van der Waals surface area contributed by atoms with E-state index in [4.69, 9.17) is 9.47 Å². The van der Waals surface area contributed by atoms with Gasteiger partial charge in [-0.1, -0.05) is 13.8 Å². The molecule has 0 bridgehead atoms. The fourth-order valence-electron chi connectivity index (χ4n) is 2.17. The molecule has 1 aromatic carbocycles. The monoisotopic (exact) mass is 398 g/mol. The summed E-state index contributed by atoms with van der Waals surface area (Å²) in [6, 6.07) is 3.84. The molecule has 0 radical (unpaired) electrons. The molecule has 1 fully saturated rings. The number of hydrogen-bond acceptors (Lipinski definition) is 6. The van der Waals surface area contributed by atoms with Gasteiger partial charge in [0.1, 0.15) is 10.6 Å². The van der Waals surface area contributed by atoms with Gasteiger partial charge in [-0.15, -0.1) is 0 Å². The van der Waals surface area contributed by atoms with Crippen LogP contribution in [0.2, 0.25) is 0 Å². The molecule has 0 spiro atoms. The molecule has 0 heterocycles. The molecule has 150 valence electrons. The van der Waals surface area contributed by atoms with E-state index in [0.29, 0.717) is 0 Å². The summed E-state index contributed by atoms with van der Waals surface area (Å²) in [5.74, 6) is -0.824. The minimum Gasteiger partial charge on any atom is -0.495 e. The summed E-state index contributed by atoms with van der Waals surface area (Å²) in [5.41, 5.74) is 0.0247. The van der Waals surface area contributed by atoms with Crippen LogP contribution in [0.4, 0.5) is 0 Å². The highest BCUT2D eigenvalue weighted by Gasteiger charge is 2.30. The highest BCUT2D eigenvalue weighted by atomic mass is 32.2. The molecule has 0 saturated heterocycles. The lowest BCUT2D eigenvalue weighted by atomic mass is 10.1. The molecule has 9 heteroatoms. The molecule has 1 aromatic rings. The van der Waals surface area contributed by atoms with Gasteiger partial charge in [-0.25, -0.2) is 17.9 Å². The third-order valence-electron chi connectivity index (χ3n) is 4.31. The van der Waals surface area contributed by atoms with Gasteiger partial charge in [0.2, 0.25) is 10.0 Å². The lowest BCUT2D eigenvalue weighted by molar-refractivity contribution is -0.125. The third kappa shape index (κ3) is 5.93. The number of methoxy groups -OCH3 is 1. The second kappa shape index (κ2) is 8.71. The van der Waals surface area contributed by atoms with E-state index >= 15 is 0 Å². The SMILES string of the molecule is COc1ccc(C(=O)OCC(=O)N[C@@H](C)C(C)C)cc1S(=O)(=O)NC1CC1. The number of carbonyl (C=O) groups excluding carboxylic acids is 2. The Kier molecular flexibility index (Phi) is 6.83. The van der Waals surface area contributed by atoms with Crippen LogP contribution in [-0.2, 0) is 19.6 Å². The molecule has 8 nitrogen and oxygen atoms in total. The van der Waals surface area contributed by atoms with Crippen molar-refractivity contribution in [1.29, 1.82) is 0 Å². The largest absolute Gasteiger partial charge is 0.495 e. The maximum absolute atomic E-state index is 12.5. The van der Waals surface area contributed by atoms with Crippen molar-refractivity contribution < 1.29 is 27.5 Å². The molecular weight excluding hydrogens is 372 g/mol. The molecule has 1 saturated carbocycles. The Hall–Kier alpha value is -2.13. The van der Waals surface area contributed by atoms with E-state index in [1.54, 1.807) is 0 Å². The van der Waals surface area contributed by atoms with Gasteiger partial charge in [0.15, 0.2) is 6.61 Å². The fraction of sp³-hybridized carbons (Fsp3) is 0.556. The molecule has 1 amide bonds. The van der Waals surface area contributed by atoms with E-state index in [-0.39, 0.29) is 34.2 Å². The quantitative estimate of drug-likeness (QED) is 0.609. The molecular formula is C18H26N2O6S. The van der Waals surface area contributed by atoms with Crippen molar-refractivity contribution in [3.05, 3.63) is 23.8 Å². The van der Waals surface area contributed by atoms with Crippen molar-refractivity contribution in [3.63, 3.8) is 0 Å². The molecule has 1 atom stereocenters. The average molecular weight is 398 g/mol. The maximum atomic E-state index is 12.5. The zero-order chi connectivity index (χ0) is 20.2. The number of carbonyl (C=O) groups is 2. The molecule has 1 aliphatic carbocycles. The van der Waals surface area contributed by atoms with E-state index in [2.05, 4.69) is 10.0 Å². The van der Waals surface area contributed by atoms with Crippen LogP contribution in [-0.4, -0.2) is 46.1 Å². The first kappa shape index (κ1) is 21.2. The van der Waals surface area contributed by atoms with Crippen molar-refractivity contribution in [1.82, 2.24) is 10.0 Å². The summed E-state index contributed by atoms with van der Waals surface area (Å²) in [6.45, 7) is 5.35. The fourth-order valence-corrected chi connectivity index (χ4v) is 3.67. The third-order valence-corrected chi connectivity index (χ3v) is 5.85. The lowest BCUT2D eigenvalue weighted by Gasteiger charge is -2.17. The van der Waals surface area contributed by atoms with Gasteiger partial charge in [-0.3, -0.25) is 4.79 Å². The summed E-state index contributed by atoms with van der Waals surface area (Å²) in [7, 11) is -2.46. The highest BCUT2D eigenvalue weighted by molar-refractivity contribution is 7.89. The Labute approximate surface area is 159 Å². The Morgan fingerprint density at radius 1 is 1.22 bits per heavy atom. The molecule has 0 aliphatic heterocycles. The van der Waals surface area contributed by atoms with Gasteiger partial charge in [-0.2, -0.15) is 0 Å². The van der Waals surface area contributed by atoms with Crippen LogP contribution in [0.5, 0.6) is 5.75 Å². The smallest absolute Gasteiger partial charge is 0.338 e.